The monoisotopic (exact) mass is 345 g/mol. The van der Waals surface area contributed by atoms with Gasteiger partial charge < -0.3 is 14.5 Å². The van der Waals surface area contributed by atoms with Crippen molar-refractivity contribution in [2.45, 2.75) is 39.7 Å². The summed E-state index contributed by atoms with van der Waals surface area (Å²) in [5.41, 5.74) is 2.15. The van der Waals surface area contributed by atoms with Gasteiger partial charge in [0.05, 0.1) is 6.42 Å². The Morgan fingerprint density at radius 1 is 1.16 bits per heavy atom. The fourth-order valence-corrected chi connectivity index (χ4v) is 2.51. The Balaban J connectivity index is 1.84. The van der Waals surface area contributed by atoms with Crippen LogP contribution < -0.4 is 0 Å². The van der Waals surface area contributed by atoms with E-state index < -0.39 is 5.60 Å². The van der Waals surface area contributed by atoms with E-state index in [9.17, 15) is 9.59 Å². The van der Waals surface area contributed by atoms with Crippen molar-refractivity contribution in [2.24, 2.45) is 0 Å². The van der Waals surface area contributed by atoms with Crippen molar-refractivity contribution in [3.63, 3.8) is 0 Å². The van der Waals surface area contributed by atoms with Gasteiger partial charge in [0.15, 0.2) is 0 Å². The smallest absolute Gasteiger partial charge is 0.410 e. The van der Waals surface area contributed by atoms with Crippen molar-refractivity contribution < 1.29 is 14.3 Å². The zero-order chi connectivity index (χ0) is 18.6. The minimum atomic E-state index is -0.508. The van der Waals surface area contributed by atoms with E-state index in [1.54, 1.807) is 16.0 Å². The van der Waals surface area contributed by atoms with Crippen LogP contribution in [0.5, 0.6) is 0 Å². The highest BCUT2D eigenvalue weighted by Crippen LogP contribution is 2.13. The molecule has 1 aliphatic rings. The maximum absolute atomic E-state index is 12.4. The van der Waals surface area contributed by atoms with Crippen LogP contribution in [0.3, 0.4) is 0 Å². The molecule has 0 aromatic carbocycles. The molecule has 0 spiro atoms. The molecule has 6 nitrogen and oxygen atoms in total. The second kappa shape index (κ2) is 7.68. The second-order valence-corrected chi connectivity index (χ2v) is 7.34. The van der Waals surface area contributed by atoms with Crippen LogP contribution in [0.15, 0.2) is 24.9 Å². The van der Waals surface area contributed by atoms with Gasteiger partial charge in [-0.1, -0.05) is 12.6 Å². The Hall–Kier alpha value is -2.37. The Morgan fingerprint density at radius 3 is 2.24 bits per heavy atom. The average molecular weight is 345 g/mol. The van der Waals surface area contributed by atoms with Crippen LogP contribution in [0.2, 0.25) is 0 Å². The van der Waals surface area contributed by atoms with Gasteiger partial charge in [0.1, 0.15) is 5.60 Å². The zero-order valence-corrected chi connectivity index (χ0v) is 15.5. The minimum Gasteiger partial charge on any atom is -0.444 e. The van der Waals surface area contributed by atoms with Crippen molar-refractivity contribution >= 4 is 17.6 Å². The lowest BCUT2D eigenvalue weighted by Gasteiger charge is -2.35. The van der Waals surface area contributed by atoms with Gasteiger partial charge in [0, 0.05) is 38.1 Å². The van der Waals surface area contributed by atoms with E-state index in [0.717, 1.165) is 16.8 Å². The predicted molar refractivity (Wildman–Crippen MR) is 97.0 cm³/mol. The van der Waals surface area contributed by atoms with Crippen molar-refractivity contribution in [3.05, 3.63) is 36.2 Å². The molecule has 25 heavy (non-hydrogen) atoms. The number of rotatable bonds is 3. The molecule has 2 amide bonds. The summed E-state index contributed by atoms with van der Waals surface area (Å²) >= 11 is 0. The molecule has 0 radical (unpaired) electrons. The molecule has 1 aliphatic heterocycles. The second-order valence-electron chi connectivity index (χ2n) is 7.34. The third kappa shape index (κ3) is 5.59. The van der Waals surface area contributed by atoms with Gasteiger partial charge in [-0.05, 0) is 44.9 Å². The first-order valence-corrected chi connectivity index (χ1v) is 8.52. The molecule has 0 atom stereocenters. The number of aromatic nitrogens is 1. The van der Waals surface area contributed by atoms with E-state index in [1.807, 2.05) is 39.8 Å². The van der Waals surface area contributed by atoms with Crippen LogP contribution in [0.1, 0.15) is 39.0 Å². The first-order valence-electron chi connectivity index (χ1n) is 8.52. The van der Waals surface area contributed by atoms with Gasteiger partial charge in [0.25, 0.3) is 0 Å². The van der Waals surface area contributed by atoms with E-state index in [1.165, 1.54) is 0 Å². The molecule has 1 aromatic rings. The lowest BCUT2D eigenvalue weighted by atomic mass is 10.1. The Morgan fingerprint density at radius 2 is 1.76 bits per heavy atom. The molecule has 2 heterocycles. The first kappa shape index (κ1) is 19.0. The standard InChI is InChI=1S/C19H27N3O3/c1-14(2)15-6-7-16(20-13-15)12-17(23)21-8-10-22(11-9-21)18(24)25-19(3,4)5/h6-7,13H,1,8-12H2,2-5H3. The third-order valence-electron chi connectivity index (χ3n) is 3.93. The van der Waals surface area contributed by atoms with Gasteiger partial charge in [-0.3, -0.25) is 9.78 Å². The van der Waals surface area contributed by atoms with Crippen molar-refractivity contribution in [1.82, 2.24) is 14.8 Å². The van der Waals surface area contributed by atoms with Gasteiger partial charge >= 0.3 is 6.09 Å². The molecule has 6 heteroatoms. The molecular weight excluding hydrogens is 318 g/mol. The Labute approximate surface area is 149 Å². The van der Waals surface area contributed by atoms with E-state index in [4.69, 9.17) is 4.74 Å². The summed E-state index contributed by atoms with van der Waals surface area (Å²) in [6.45, 7) is 13.3. The van der Waals surface area contributed by atoms with Crippen molar-refractivity contribution in [2.75, 3.05) is 26.2 Å². The average Bonchev–Trinajstić information content (AvgIpc) is 2.54. The summed E-state index contributed by atoms with van der Waals surface area (Å²) < 4.78 is 5.37. The summed E-state index contributed by atoms with van der Waals surface area (Å²) in [4.78, 5) is 32.2. The molecule has 0 unspecified atom stereocenters. The summed E-state index contributed by atoms with van der Waals surface area (Å²) in [5, 5.41) is 0. The highest BCUT2D eigenvalue weighted by atomic mass is 16.6. The number of pyridine rings is 1. The molecular formula is C19H27N3O3. The van der Waals surface area contributed by atoms with Gasteiger partial charge in [-0.25, -0.2) is 4.79 Å². The predicted octanol–water partition coefficient (Wildman–Crippen LogP) is 2.74. The maximum atomic E-state index is 12.4. The van der Waals surface area contributed by atoms with E-state index in [2.05, 4.69) is 11.6 Å². The van der Waals surface area contributed by atoms with Crippen molar-refractivity contribution in [1.29, 1.82) is 0 Å². The number of piperazine rings is 1. The lowest BCUT2D eigenvalue weighted by molar-refractivity contribution is -0.132. The number of amides is 2. The van der Waals surface area contributed by atoms with Gasteiger partial charge in [0.2, 0.25) is 5.91 Å². The number of ether oxygens (including phenoxy) is 1. The molecule has 136 valence electrons. The SMILES string of the molecule is C=C(C)c1ccc(CC(=O)N2CCN(C(=O)OC(C)(C)C)CC2)nc1. The van der Waals surface area contributed by atoms with Crippen LogP contribution in [-0.4, -0.2) is 58.6 Å². The summed E-state index contributed by atoms with van der Waals surface area (Å²) in [6, 6.07) is 3.79. The molecule has 0 bridgehead atoms. The highest BCUT2D eigenvalue weighted by molar-refractivity contribution is 5.79. The number of nitrogens with zero attached hydrogens (tertiary/aromatic N) is 3. The molecule has 2 rings (SSSR count). The number of hydrogen-bond acceptors (Lipinski definition) is 4. The number of carbonyl (C=O) groups excluding carboxylic acids is 2. The van der Waals surface area contributed by atoms with Crippen LogP contribution in [0.25, 0.3) is 5.57 Å². The van der Waals surface area contributed by atoms with Crippen LogP contribution in [0, 0.1) is 0 Å². The van der Waals surface area contributed by atoms with Gasteiger partial charge in [-0.15, -0.1) is 0 Å². The summed E-state index contributed by atoms with van der Waals surface area (Å²) in [7, 11) is 0. The molecule has 0 saturated carbocycles. The number of hydrogen-bond donors (Lipinski definition) is 0. The normalized spacial score (nSPS) is 15.0. The van der Waals surface area contributed by atoms with Crippen molar-refractivity contribution in [3.8, 4) is 0 Å². The zero-order valence-electron chi connectivity index (χ0n) is 15.5. The van der Waals surface area contributed by atoms with E-state index in [-0.39, 0.29) is 18.4 Å². The number of carbonyl (C=O) groups is 2. The summed E-state index contributed by atoms with van der Waals surface area (Å²) in [5.74, 6) is 0.0272. The summed E-state index contributed by atoms with van der Waals surface area (Å²) in [6.07, 6.45) is 1.69. The molecule has 1 aromatic heterocycles. The lowest BCUT2D eigenvalue weighted by Crippen LogP contribution is -2.52. The van der Waals surface area contributed by atoms with Crippen LogP contribution in [0.4, 0.5) is 4.79 Å². The Bertz CT molecular complexity index is 639. The fraction of sp³-hybridized carbons (Fsp3) is 0.526. The minimum absolute atomic E-state index is 0.0272. The van der Waals surface area contributed by atoms with E-state index in [0.29, 0.717) is 26.2 Å². The van der Waals surface area contributed by atoms with Crippen LogP contribution in [-0.2, 0) is 16.0 Å². The molecule has 0 aliphatic carbocycles. The van der Waals surface area contributed by atoms with Crippen LogP contribution >= 0.6 is 0 Å². The molecule has 0 N–H and O–H groups in total. The molecule has 1 saturated heterocycles. The maximum Gasteiger partial charge on any atom is 0.410 e. The quantitative estimate of drug-likeness (QED) is 0.845. The molecule has 1 fully saturated rings. The van der Waals surface area contributed by atoms with E-state index >= 15 is 0 Å². The Kier molecular flexibility index (Phi) is 5.82. The fourth-order valence-electron chi connectivity index (χ4n) is 2.51. The number of allylic oxidation sites excluding steroid dienone is 1. The third-order valence-corrected chi connectivity index (χ3v) is 3.93. The first-order chi connectivity index (χ1) is 11.7. The van der Waals surface area contributed by atoms with Gasteiger partial charge in [-0.2, -0.15) is 0 Å². The topological polar surface area (TPSA) is 62.7 Å². The highest BCUT2D eigenvalue weighted by Gasteiger charge is 2.27. The largest absolute Gasteiger partial charge is 0.444 e.